The third-order valence-electron chi connectivity index (χ3n) is 2.10. The topological polar surface area (TPSA) is 37.3 Å². The van der Waals surface area contributed by atoms with Gasteiger partial charge in [-0.25, -0.2) is 0 Å². The summed E-state index contributed by atoms with van der Waals surface area (Å²) in [6, 6.07) is 8.09. The first-order valence-electron chi connectivity index (χ1n) is 4.46. The summed E-state index contributed by atoms with van der Waals surface area (Å²) in [5.41, 5.74) is 2.50. The Morgan fingerprint density at radius 3 is 2.40 bits per heavy atom. The van der Waals surface area contributed by atoms with Gasteiger partial charge in [0.2, 0.25) is 0 Å². The first-order valence-corrected chi connectivity index (χ1v) is 4.46. The summed E-state index contributed by atoms with van der Waals surface area (Å²) in [4.78, 5) is 10.3. The third-order valence-corrected chi connectivity index (χ3v) is 2.10. The molecule has 0 saturated heterocycles. The van der Waals surface area contributed by atoms with E-state index in [-0.39, 0.29) is 65.5 Å². The van der Waals surface area contributed by atoms with Crippen LogP contribution in [0.15, 0.2) is 24.3 Å². The minimum atomic E-state index is -0.714. The van der Waals surface area contributed by atoms with Crippen LogP contribution in [0.4, 0.5) is 0 Å². The Morgan fingerprint density at radius 1 is 1.27 bits per heavy atom. The SMILES string of the molecule is Cc1ccccc1CCCC(=O)O.[NaH].[NaH]. The van der Waals surface area contributed by atoms with Crippen molar-refractivity contribution in [3.8, 4) is 0 Å². The van der Waals surface area contributed by atoms with E-state index in [0.29, 0.717) is 0 Å². The van der Waals surface area contributed by atoms with Crippen molar-refractivity contribution in [2.75, 3.05) is 0 Å². The van der Waals surface area contributed by atoms with Crippen molar-refractivity contribution in [3.05, 3.63) is 35.4 Å². The molecule has 0 aliphatic rings. The van der Waals surface area contributed by atoms with Crippen LogP contribution >= 0.6 is 0 Å². The van der Waals surface area contributed by atoms with Crippen molar-refractivity contribution < 1.29 is 9.90 Å². The normalized spacial score (nSPS) is 8.60. The average Bonchev–Trinajstić information content (AvgIpc) is 2.08. The van der Waals surface area contributed by atoms with Crippen molar-refractivity contribution in [1.29, 1.82) is 0 Å². The monoisotopic (exact) mass is 226 g/mol. The summed E-state index contributed by atoms with van der Waals surface area (Å²) in [5.74, 6) is -0.714. The van der Waals surface area contributed by atoms with Gasteiger partial charge in [-0.2, -0.15) is 0 Å². The molecule has 0 spiro atoms. The second-order valence-electron chi connectivity index (χ2n) is 3.17. The predicted molar refractivity (Wildman–Crippen MR) is 66.1 cm³/mol. The van der Waals surface area contributed by atoms with E-state index in [1.54, 1.807) is 0 Å². The minimum absolute atomic E-state index is 0. The number of aryl methyl sites for hydroxylation is 2. The molecule has 0 amide bonds. The van der Waals surface area contributed by atoms with E-state index >= 15 is 0 Å². The zero-order chi connectivity index (χ0) is 9.68. The number of carbonyl (C=O) groups is 1. The van der Waals surface area contributed by atoms with E-state index in [2.05, 4.69) is 19.1 Å². The Morgan fingerprint density at radius 2 is 1.87 bits per heavy atom. The van der Waals surface area contributed by atoms with Crippen molar-refractivity contribution in [1.82, 2.24) is 0 Å². The van der Waals surface area contributed by atoms with Gasteiger partial charge in [0.1, 0.15) is 0 Å². The molecule has 0 fully saturated rings. The molecule has 0 saturated carbocycles. The van der Waals surface area contributed by atoms with Crippen LogP contribution in [0.2, 0.25) is 0 Å². The van der Waals surface area contributed by atoms with Gasteiger partial charge in [-0.15, -0.1) is 0 Å². The summed E-state index contributed by atoms with van der Waals surface area (Å²) in [7, 11) is 0. The number of carboxylic acids is 1. The van der Waals surface area contributed by atoms with Gasteiger partial charge >= 0.3 is 65.1 Å². The van der Waals surface area contributed by atoms with Gasteiger partial charge in [0.25, 0.3) is 0 Å². The van der Waals surface area contributed by atoms with Crippen LogP contribution in [0, 0.1) is 6.92 Å². The molecule has 1 N–H and O–H groups in total. The van der Waals surface area contributed by atoms with Gasteiger partial charge in [0.15, 0.2) is 0 Å². The number of rotatable bonds is 4. The van der Waals surface area contributed by atoms with Crippen LogP contribution in [-0.2, 0) is 11.2 Å². The molecular weight excluding hydrogens is 210 g/mol. The fraction of sp³-hybridized carbons (Fsp3) is 0.364. The Labute approximate surface area is 135 Å². The maximum absolute atomic E-state index is 10.3. The molecule has 74 valence electrons. The molecule has 4 heteroatoms. The third kappa shape index (κ3) is 7.56. The van der Waals surface area contributed by atoms with Crippen molar-refractivity contribution >= 4 is 65.1 Å². The van der Waals surface area contributed by atoms with Crippen LogP contribution in [0.3, 0.4) is 0 Å². The molecule has 0 atom stereocenters. The van der Waals surface area contributed by atoms with Gasteiger partial charge in [-0.1, -0.05) is 24.3 Å². The molecule has 1 aromatic rings. The maximum atomic E-state index is 10.3. The van der Waals surface area contributed by atoms with E-state index in [4.69, 9.17) is 5.11 Å². The van der Waals surface area contributed by atoms with Gasteiger partial charge in [0, 0.05) is 6.42 Å². The number of benzene rings is 1. The quantitative estimate of drug-likeness (QED) is 0.781. The molecule has 2 nitrogen and oxygen atoms in total. The number of carboxylic acid groups (broad SMARTS) is 1. The van der Waals surface area contributed by atoms with Crippen molar-refractivity contribution in [3.63, 3.8) is 0 Å². The summed E-state index contributed by atoms with van der Waals surface area (Å²) in [6.07, 6.45) is 1.84. The van der Waals surface area contributed by atoms with E-state index in [0.717, 1.165) is 12.8 Å². The van der Waals surface area contributed by atoms with Gasteiger partial charge < -0.3 is 5.11 Å². The number of aliphatic carboxylic acids is 1. The van der Waals surface area contributed by atoms with Crippen LogP contribution < -0.4 is 0 Å². The Balaban J connectivity index is 0. The average molecular weight is 226 g/mol. The fourth-order valence-corrected chi connectivity index (χ4v) is 1.32. The summed E-state index contributed by atoms with van der Waals surface area (Å²) in [6.45, 7) is 2.05. The fourth-order valence-electron chi connectivity index (χ4n) is 1.32. The molecule has 0 heterocycles. The number of hydrogen-bond acceptors (Lipinski definition) is 1. The predicted octanol–water partition coefficient (Wildman–Crippen LogP) is 1.11. The Hall–Kier alpha value is 0.690. The summed E-state index contributed by atoms with van der Waals surface area (Å²) < 4.78 is 0. The second-order valence-corrected chi connectivity index (χ2v) is 3.17. The van der Waals surface area contributed by atoms with Crippen LogP contribution in [0.5, 0.6) is 0 Å². The zero-order valence-electron chi connectivity index (χ0n) is 7.79. The van der Waals surface area contributed by atoms with Crippen molar-refractivity contribution in [2.24, 2.45) is 0 Å². The molecule has 0 aliphatic heterocycles. The molecule has 0 bridgehead atoms. The molecule has 0 aromatic heterocycles. The first-order chi connectivity index (χ1) is 6.20. The van der Waals surface area contributed by atoms with Crippen LogP contribution in [-0.4, -0.2) is 70.2 Å². The molecule has 0 unspecified atom stereocenters. The van der Waals surface area contributed by atoms with Crippen LogP contribution in [0.25, 0.3) is 0 Å². The molecule has 15 heavy (non-hydrogen) atoms. The van der Waals surface area contributed by atoms with Crippen LogP contribution in [0.1, 0.15) is 24.0 Å². The summed E-state index contributed by atoms with van der Waals surface area (Å²) in [5, 5.41) is 8.46. The molecular formula is C11H16Na2O2. The summed E-state index contributed by atoms with van der Waals surface area (Å²) >= 11 is 0. The first kappa shape index (κ1) is 18.1. The molecule has 0 aliphatic carbocycles. The number of hydrogen-bond donors (Lipinski definition) is 1. The Bertz CT molecular complexity index is 300. The zero-order valence-corrected chi connectivity index (χ0v) is 7.79. The Kier molecular flexibility index (Phi) is 11.9. The van der Waals surface area contributed by atoms with Crippen molar-refractivity contribution in [2.45, 2.75) is 26.2 Å². The van der Waals surface area contributed by atoms with E-state index in [9.17, 15) is 4.79 Å². The van der Waals surface area contributed by atoms with Gasteiger partial charge in [-0.3, -0.25) is 4.79 Å². The van der Waals surface area contributed by atoms with E-state index < -0.39 is 5.97 Å². The van der Waals surface area contributed by atoms with Gasteiger partial charge in [0.05, 0.1) is 0 Å². The molecule has 1 aromatic carbocycles. The van der Waals surface area contributed by atoms with Gasteiger partial charge in [-0.05, 0) is 30.9 Å². The standard InChI is InChI=1S/C11H14O2.2Na.2H/c1-9-5-2-3-6-10(9)7-4-8-11(12)13;;;;/h2-3,5-6H,4,7-8H2,1H3,(H,12,13);;;;. The van der Waals surface area contributed by atoms with E-state index in [1.807, 2.05) is 12.1 Å². The molecule has 0 radical (unpaired) electrons. The van der Waals surface area contributed by atoms with E-state index in [1.165, 1.54) is 11.1 Å². The second kappa shape index (κ2) is 9.88. The molecule has 1 rings (SSSR count).